The molecule has 0 saturated heterocycles. The van der Waals surface area contributed by atoms with Crippen LogP contribution >= 0.6 is 0 Å². The second-order valence-electron chi connectivity index (χ2n) is 2.63. The molecule has 0 aliphatic heterocycles. The fraction of sp³-hybridized carbons (Fsp3) is 0.214. The van der Waals surface area contributed by atoms with Crippen molar-refractivity contribution >= 4 is 12.2 Å². The lowest BCUT2D eigenvalue weighted by Crippen LogP contribution is -2.26. The van der Waals surface area contributed by atoms with E-state index >= 15 is 0 Å². The minimum absolute atomic E-state index is 0.598. The predicted molar refractivity (Wildman–Crippen MR) is 70.7 cm³/mol. The molecule has 0 spiro atoms. The summed E-state index contributed by atoms with van der Waals surface area (Å²) in [7, 11) is 1.60. The average molecular weight is 217 g/mol. The maximum Gasteiger partial charge on any atom is 0.221 e. The molecule has 2 nitrogen and oxygen atoms in total. The van der Waals surface area contributed by atoms with Crippen LogP contribution in [-0.2, 0) is 0 Å². The number of pyridine rings is 1. The van der Waals surface area contributed by atoms with E-state index in [2.05, 4.69) is 18.1 Å². The van der Waals surface area contributed by atoms with Crippen LogP contribution < -0.4 is 15.2 Å². The summed E-state index contributed by atoms with van der Waals surface area (Å²) >= 11 is 0. The largest absolute Gasteiger partial charge is 0.481 e. The fourth-order valence-corrected chi connectivity index (χ4v) is 1.19. The summed E-state index contributed by atoms with van der Waals surface area (Å²) in [5.74, 6) is 0.598. The van der Waals surface area contributed by atoms with Gasteiger partial charge in [0.1, 0.15) is 0 Å². The molecular formula is C14H19NO. The van der Waals surface area contributed by atoms with Crippen molar-refractivity contribution in [2.45, 2.75) is 13.8 Å². The van der Waals surface area contributed by atoms with Crippen LogP contribution in [0.25, 0.3) is 12.2 Å². The minimum atomic E-state index is 0.598. The lowest BCUT2D eigenvalue weighted by atomic mass is 10.2. The summed E-state index contributed by atoms with van der Waals surface area (Å²) in [6, 6.07) is 1.90. The zero-order chi connectivity index (χ0) is 12.4. The van der Waals surface area contributed by atoms with Crippen LogP contribution in [-0.4, -0.2) is 12.1 Å². The first-order chi connectivity index (χ1) is 7.83. The van der Waals surface area contributed by atoms with Gasteiger partial charge in [-0.3, -0.25) is 0 Å². The molecule has 0 aliphatic rings. The lowest BCUT2D eigenvalue weighted by Gasteiger charge is -1.98. The number of rotatable bonds is 3. The van der Waals surface area contributed by atoms with Gasteiger partial charge in [0, 0.05) is 11.4 Å². The number of allylic oxidation sites excluding steroid dienone is 2. The lowest BCUT2D eigenvalue weighted by molar-refractivity contribution is 0.393. The van der Waals surface area contributed by atoms with Crippen molar-refractivity contribution in [3.63, 3.8) is 0 Å². The normalized spacial score (nSPS) is 11.4. The highest BCUT2D eigenvalue weighted by molar-refractivity contribution is 5.44. The first kappa shape index (κ1) is 14.2. The Morgan fingerprint density at radius 2 is 1.81 bits per heavy atom. The van der Waals surface area contributed by atoms with Crippen LogP contribution in [0.4, 0.5) is 0 Å². The first-order valence-corrected chi connectivity index (χ1v) is 5.28. The van der Waals surface area contributed by atoms with Crippen LogP contribution in [0.1, 0.15) is 13.8 Å². The number of hydrogen-bond donors (Lipinski definition) is 0. The van der Waals surface area contributed by atoms with Crippen LogP contribution in [0, 0.1) is 0 Å². The van der Waals surface area contributed by atoms with Crippen LogP contribution in [0.15, 0.2) is 37.6 Å². The van der Waals surface area contributed by atoms with Crippen molar-refractivity contribution in [2.24, 2.45) is 0 Å². The highest BCUT2D eigenvalue weighted by atomic mass is 16.5. The van der Waals surface area contributed by atoms with E-state index in [1.807, 2.05) is 32.1 Å². The summed E-state index contributed by atoms with van der Waals surface area (Å²) in [4.78, 5) is 4.10. The second-order valence-corrected chi connectivity index (χ2v) is 2.63. The summed E-state index contributed by atoms with van der Waals surface area (Å²) in [5.41, 5.74) is 0. The van der Waals surface area contributed by atoms with Gasteiger partial charge in [-0.25, -0.2) is 4.98 Å². The van der Waals surface area contributed by atoms with E-state index < -0.39 is 0 Å². The summed E-state index contributed by atoms with van der Waals surface area (Å²) in [6.45, 7) is 11.3. The van der Waals surface area contributed by atoms with Crippen LogP contribution in [0.3, 0.4) is 0 Å². The number of hydrogen-bond acceptors (Lipinski definition) is 2. The molecule has 0 saturated carbocycles. The van der Waals surface area contributed by atoms with Gasteiger partial charge in [0.05, 0.1) is 7.11 Å². The summed E-state index contributed by atoms with van der Waals surface area (Å²) in [5, 5.41) is 1.94. The average Bonchev–Trinajstić information content (AvgIpc) is 2.34. The van der Waals surface area contributed by atoms with E-state index in [9.17, 15) is 0 Å². The van der Waals surface area contributed by atoms with Crippen molar-refractivity contribution < 1.29 is 4.74 Å². The SMILES string of the molecule is C=C/C=c1/ccnc(OC)/c1=C/C=C.CC. The van der Waals surface area contributed by atoms with Crippen molar-refractivity contribution in [2.75, 3.05) is 7.11 Å². The monoisotopic (exact) mass is 217 g/mol. The van der Waals surface area contributed by atoms with Gasteiger partial charge in [0.15, 0.2) is 0 Å². The zero-order valence-corrected chi connectivity index (χ0v) is 10.2. The maximum absolute atomic E-state index is 5.14. The Hall–Kier alpha value is -1.83. The minimum Gasteiger partial charge on any atom is -0.481 e. The molecule has 1 aromatic rings. The smallest absolute Gasteiger partial charge is 0.221 e. The van der Waals surface area contributed by atoms with Gasteiger partial charge in [-0.05, 0) is 17.4 Å². The third-order valence-corrected chi connectivity index (χ3v) is 1.76. The molecule has 0 aromatic carbocycles. The number of ether oxygens (including phenoxy) is 1. The number of aromatic nitrogens is 1. The van der Waals surface area contributed by atoms with Gasteiger partial charge < -0.3 is 4.74 Å². The Morgan fingerprint density at radius 3 is 2.31 bits per heavy atom. The highest BCUT2D eigenvalue weighted by Crippen LogP contribution is 1.91. The van der Waals surface area contributed by atoms with Gasteiger partial charge in [-0.2, -0.15) is 0 Å². The van der Waals surface area contributed by atoms with Gasteiger partial charge in [0.2, 0.25) is 5.88 Å². The molecule has 1 rings (SSSR count). The van der Waals surface area contributed by atoms with Crippen LogP contribution in [0.2, 0.25) is 0 Å². The molecule has 0 unspecified atom stereocenters. The fourth-order valence-electron chi connectivity index (χ4n) is 1.19. The van der Waals surface area contributed by atoms with E-state index in [0.29, 0.717) is 5.88 Å². The second kappa shape index (κ2) is 8.48. The Morgan fingerprint density at radius 1 is 1.19 bits per heavy atom. The number of methoxy groups -OCH3 is 1. The molecule has 1 aromatic heterocycles. The van der Waals surface area contributed by atoms with Crippen molar-refractivity contribution in [1.29, 1.82) is 0 Å². The maximum atomic E-state index is 5.14. The molecule has 0 aliphatic carbocycles. The summed E-state index contributed by atoms with van der Waals surface area (Å²) < 4.78 is 5.14. The van der Waals surface area contributed by atoms with Crippen LogP contribution in [0.5, 0.6) is 5.88 Å². The zero-order valence-electron chi connectivity index (χ0n) is 10.2. The predicted octanol–water partition coefficient (Wildman–Crippen LogP) is 2.05. The molecule has 86 valence electrons. The molecule has 0 N–H and O–H groups in total. The van der Waals surface area contributed by atoms with E-state index in [4.69, 9.17) is 4.74 Å². The third-order valence-electron chi connectivity index (χ3n) is 1.76. The molecule has 0 amide bonds. The Labute approximate surface area is 97.3 Å². The van der Waals surface area contributed by atoms with Gasteiger partial charge in [0.25, 0.3) is 0 Å². The highest BCUT2D eigenvalue weighted by Gasteiger charge is 1.94. The third kappa shape index (κ3) is 3.73. The molecule has 1 heterocycles. The Kier molecular flexibility index (Phi) is 7.51. The van der Waals surface area contributed by atoms with Gasteiger partial charge in [-0.15, -0.1) is 0 Å². The quantitative estimate of drug-likeness (QED) is 0.773. The molecule has 0 atom stereocenters. The summed E-state index contributed by atoms with van der Waals surface area (Å²) in [6.07, 6.45) is 8.91. The van der Waals surface area contributed by atoms with Gasteiger partial charge in [-0.1, -0.05) is 45.2 Å². The first-order valence-electron chi connectivity index (χ1n) is 5.28. The van der Waals surface area contributed by atoms with E-state index in [1.165, 1.54) is 0 Å². The van der Waals surface area contributed by atoms with Gasteiger partial charge >= 0.3 is 0 Å². The Balaban J connectivity index is 0.00000106. The molecule has 0 fully saturated rings. The molecule has 0 radical (unpaired) electrons. The Bertz CT molecular complexity index is 446. The van der Waals surface area contributed by atoms with E-state index in [-0.39, 0.29) is 0 Å². The van der Waals surface area contributed by atoms with E-state index in [1.54, 1.807) is 25.5 Å². The molecular weight excluding hydrogens is 198 g/mol. The molecule has 2 heteroatoms. The number of nitrogens with zero attached hydrogens (tertiary/aromatic N) is 1. The molecule has 0 bridgehead atoms. The van der Waals surface area contributed by atoms with Crippen molar-refractivity contribution in [3.8, 4) is 5.88 Å². The molecule has 16 heavy (non-hydrogen) atoms. The van der Waals surface area contributed by atoms with E-state index in [0.717, 1.165) is 10.4 Å². The standard InChI is InChI=1S/C12H13NO.C2H6/c1-4-6-10-8-9-13-12(14-3)11(10)7-5-2;1-2/h4-9H,1-2H2,3H3;1-2H3/b10-6-,11-7+;. The van der Waals surface area contributed by atoms with Crippen molar-refractivity contribution in [3.05, 3.63) is 48.0 Å². The topological polar surface area (TPSA) is 22.1 Å². The van der Waals surface area contributed by atoms with Crippen molar-refractivity contribution in [1.82, 2.24) is 4.98 Å².